The molecule has 3 aromatic rings. The second-order valence-corrected chi connectivity index (χ2v) is 8.23. The number of imidazole rings is 1. The maximum Gasteiger partial charge on any atom is 0.267 e. The highest BCUT2D eigenvalue weighted by molar-refractivity contribution is 9.10. The SMILES string of the molecule is CC1CCN(c2ccc(=O)n(CC(=O)Cc3ccn4c(Br)cnc4c3)n2)CC1. The molecule has 0 amide bonds. The predicted molar refractivity (Wildman–Crippen MR) is 111 cm³/mol. The van der Waals surface area contributed by atoms with Crippen molar-refractivity contribution in [2.45, 2.75) is 32.7 Å². The Balaban J connectivity index is 1.47. The number of Topliss-reactive ketones (excluding diaryl/α,β-unsaturated/α-hetero) is 1. The van der Waals surface area contributed by atoms with Gasteiger partial charge in [0.15, 0.2) is 5.78 Å². The molecule has 0 saturated carbocycles. The van der Waals surface area contributed by atoms with Crippen LogP contribution < -0.4 is 10.5 Å². The molecule has 1 aliphatic rings. The quantitative estimate of drug-likeness (QED) is 0.605. The van der Waals surface area contributed by atoms with Gasteiger partial charge in [0.1, 0.15) is 22.6 Å². The maximum absolute atomic E-state index is 12.6. The van der Waals surface area contributed by atoms with E-state index in [0.29, 0.717) is 0 Å². The summed E-state index contributed by atoms with van der Waals surface area (Å²) in [6.45, 7) is 4.09. The molecule has 4 heterocycles. The minimum atomic E-state index is -0.255. The van der Waals surface area contributed by atoms with Gasteiger partial charge in [-0.3, -0.25) is 14.0 Å². The van der Waals surface area contributed by atoms with E-state index in [4.69, 9.17) is 0 Å². The number of nitrogens with zero attached hydrogens (tertiary/aromatic N) is 5. The molecule has 0 bridgehead atoms. The van der Waals surface area contributed by atoms with Gasteiger partial charge in [-0.2, -0.15) is 5.10 Å². The summed E-state index contributed by atoms with van der Waals surface area (Å²) in [5.74, 6) is 1.42. The molecule has 0 aliphatic carbocycles. The first-order chi connectivity index (χ1) is 13.5. The monoisotopic (exact) mass is 443 g/mol. The van der Waals surface area contributed by atoms with Crippen LogP contribution in [0.25, 0.3) is 5.65 Å². The first-order valence-electron chi connectivity index (χ1n) is 9.46. The summed E-state index contributed by atoms with van der Waals surface area (Å²) >= 11 is 3.42. The number of ketones is 1. The fourth-order valence-corrected chi connectivity index (χ4v) is 3.91. The lowest BCUT2D eigenvalue weighted by atomic mass is 9.99. The van der Waals surface area contributed by atoms with Gasteiger partial charge in [0.05, 0.1) is 6.20 Å². The van der Waals surface area contributed by atoms with E-state index in [0.717, 1.165) is 53.5 Å². The van der Waals surface area contributed by atoms with Crippen LogP contribution in [-0.4, -0.2) is 38.0 Å². The first kappa shape index (κ1) is 18.9. The van der Waals surface area contributed by atoms with Gasteiger partial charge in [0, 0.05) is 31.8 Å². The minimum absolute atomic E-state index is 0.0275. The van der Waals surface area contributed by atoms with Crippen LogP contribution in [0, 0.1) is 5.92 Å². The summed E-state index contributed by atoms with van der Waals surface area (Å²) in [5.41, 5.74) is 1.38. The maximum atomic E-state index is 12.6. The normalized spacial score (nSPS) is 15.3. The summed E-state index contributed by atoms with van der Waals surface area (Å²) in [4.78, 5) is 31.2. The molecule has 3 aromatic heterocycles. The molecule has 4 rings (SSSR count). The number of aromatic nitrogens is 4. The van der Waals surface area contributed by atoms with Crippen molar-refractivity contribution in [1.29, 1.82) is 0 Å². The number of carbonyl (C=O) groups is 1. The van der Waals surface area contributed by atoms with Gasteiger partial charge in [0.25, 0.3) is 5.56 Å². The van der Waals surface area contributed by atoms with Crippen LogP contribution in [-0.2, 0) is 17.8 Å². The smallest absolute Gasteiger partial charge is 0.267 e. The van der Waals surface area contributed by atoms with Crippen molar-refractivity contribution in [3.8, 4) is 0 Å². The Hall–Kier alpha value is -2.48. The predicted octanol–water partition coefficient (Wildman–Crippen LogP) is 2.70. The molecule has 1 aliphatic heterocycles. The zero-order valence-electron chi connectivity index (χ0n) is 15.7. The highest BCUT2D eigenvalue weighted by atomic mass is 79.9. The second kappa shape index (κ2) is 7.87. The van der Waals surface area contributed by atoms with Gasteiger partial charge >= 0.3 is 0 Å². The Bertz CT molecular complexity index is 1070. The van der Waals surface area contributed by atoms with Gasteiger partial charge in [-0.25, -0.2) is 9.67 Å². The fourth-order valence-electron chi connectivity index (χ4n) is 3.51. The van der Waals surface area contributed by atoms with Crippen molar-refractivity contribution in [2.24, 2.45) is 5.92 Å². The Morgan fingerprint density at radius 2 is 2.04 bits per heavy atom. The lowest BCUT2D eigenvalue weighted by molar-refractivity contribution is -0.119. The topological polar surface area (TPSA) is 72.5 Å². The molecular formula is C20H22BrN5O2. The standard InChI is InChI=1S/C20H22BrN5O2/c1-14-4-7-24(8-5-14)18-2-3-20(28)26(23-18)13-16(27)10-15-6-9-25-17(21)12-22-19(25)11-15/h2-3,6,9,11-12,14H,4-5,7-8,10,13H2,1H3. The molecule has 0 unspecified atom stereocenters. The Morgan fingerprint density at radius 1 is 1.25 bits per heavy atom. The molecular weight excluding hydrogens is 422 g/mol. The van der Waals surface area contributed by atoms with Crippen LogP contribution in [0.15, 0.2) is 46.1 Å². The number of hydrogen-bond acceptors (Lipinski definition) is 5. The van der Waals surface area contributed by atoms with Crippen LogP contribution in [0.3, 0.4) is 0 Å². The number of fused-ring (bicyclic) bond motifs is 1. The summed E-state index contributed by atoms with van der Waals surface area (Å²) in [6.07, 6.45) is 6.06. The van der Waals surface area contributed by atoms with Crippen molar-refractivity contribution in [1.82, 2.24) is 19.2 Å². The fraction of sp³-hybridized carbons (Fsp3) is 0.400. The van der Waals surface area contributed by atoms with Crippen LogP contribution in [0.4, 0.5) is 5.82 Å². The second-order valence-electron chi connectivity index (χ2n) is 7.42. The molecule has 1 saturated heterocycles. The Kier molecular flexibility index (Phi) is 5.30. The number of anilines is 1. The summed E-state index contributed by atoms with van der Waals surface area (Å²) in [7, 11) is 0. The molecule has 0 radical (unpaired) electrons. The summed E-state index contributed by atoms with van der Waals surface area (Å²) in [5, 5.41) is 4.44. The van der Waals surface area contributed by atoms with Gasteiger partial charge in [0.2, 0.25) is 0 Å². The molecule has 7 nitrogen and oxygen atoms in total. The molecule has 0 N–H and O–H groups in total. The largest absolute Gasteiger partial charge is 0.355 e. The average Bonchev–Trinajstić information content (AvgIpc) is 3.04. The third kappa shape index (κ3) is 4.01. The van der Waals surface area contributed by atoms with E-state index in [9.17, 15) is 9.59 Å². The van der Waals surface area contributed by atoms with E-state index < -0.39 is 0 Å². The number of carbonyl (C=O) groups excluding carboxylic acids is 1. The molecule has 28 heavy (non-hydrogen) atoms. The van der Waals surface area contributed by atoms with E-state index in [1.54, 1.807) is 12.3 Å². The highest BCUT2D eigenvalue weighted by Crippen LogP contribution is 2.20. The number of rotatable bonds is 5. The van der Waals surface area contributed by atoms with Crippen molar-refractivity contribution < 1.29 is 4.79 Å². The van der Waals surface area contributed by atoms with Gasteiger partial charge < -0.3 is 4.90 Å². The third-order valence-corrected chi connectivity index (χ3v) is 5.81. The Morgan fingerprint density at radius 3 is 2.82 bits per heavy atom. The zero-order valence-corrected chi connectivity index (χ0v) is 17.3. The number of piperidine rings is 1. The first-order valence-corrected chi connectivity index (χ1v) is 10.3. The van der Waals surface area contributed by atoms with Crippen molar-refractivity contribution in [3.05, 3.63) is 57.2 Å². The van der Waals surface area contributed by atoms with E-state index in [1.807, 2.05) is 22.7 Å². The lowest BCUT2D eigenvalue weighted by Gasteiger charge is -2.31. The van der Waals surface area contributed by atoms with Crippen LogP contribution >= 0.6 is 15.9 Å². The van der Waals surface area contributed by atoms with Gasteiger partial charge in [-0.15, -0.1) is 0 Å². The molecule has 0 spiro atoms. The average molecular weight is 444 g/mol. The molecule has 0 aromatic carbocycles. The lowest BCUT2D eigenvalue weighted by Crippen LogP contribution is -2.36. The van der Waals surface area contributed by atoms with Crippen molar-refractivity contribution in [3.63, 3.8) is 0 Å². The summed E-state index contributed by atoms with van der Waals surface area (Å²) in [6, 6.07) is 7.02. The van der Waals surface area contributed by atoms with Crippen molar-refractivity contribution >= 4 is 33.2 Å². The van der Waals surface area contributed by atoms with E-state index in [-0.39, 0.29) is 24.3 Å². The molecule has 8 heteroatoms. The molecule has 0 atom stereocenters. The van der Waals surface area contributed by atoms with E-state index >= 15 is 0 Å². The molecule has 1 fully saturated rings. The number of pyridine rings is 1. The van der Waals surface area contributed by atoms with Crippen LogP contribution in [0.2, 0.25) is 0 Å². The van der Waals surface area contributed by atoms with Crippen LogP contribution in [0.5, 0.6) is 0 Å². The van der Waals surface area contributed by atoms with E-state index in [1.165, 1.54) is 10.7 Å². The van der Waals surface area contributed by atoms with E-state index in [2.05, 4.69) is 37.8 Å². The van der Waals surface area contributed by atoms with Crippen molar-refractivity contribution in [2.75, 3.05) is 18.0 Å². The zero-order chi connectivity index (χ0) is 19.7. The third-order valence-electron chi connectivity index (χ3n) is 5.22. The highest BCUT2D eigenvalue weighted by Gasteiger charge is 2.18. The number of halogens is 1. The molecule has 146 valence electrons. The van der Waals surface area contributed by atoms with Gasteiger partial charge in [-0.05, 0) is 58.5 Å². The number of hydrogen-bond donors (Lipinski definition) is 0. The minimum Gasteiger partial charge on any atom is -0.355 e. The van der Waals surface area contributed by atoms with Crippen LogP contribution in [0.1, 0.15) is 25.3 Å². The Labute approximate surface area is 171 Å². The summed E-state index contributed by atoms with van der Waals surface area (Å²) < 4.78 is 4.03. The van der Waals surface area contributed by atoms with Gasteiger partial charge in [-0.1, -0.05) is 6.92 Å².